The molecule has 1 aliphatic carbocycles. The molecule has 0 aromatic rings. The Morgan fingerprint density at radius 2 is 2.23 bits per heavy atom. The summed E-state index contributed by atoms with van der Waals surface area (Å²) in [5, 5.41) is 0. The molecule has 0 amide bonds. The van der Waals surface area contributed by atoms with E-state index in [4.69, 9.17) is 0 Å². The summed E-state index contributed by atoms with van der Waals surface area (Å²) in [4.78, 5) is 0. The Kier molecular flexibility index (Phi) is 3.29. The van der Waals surface area contributed by atoms with E-state index in [9.17, 15) is 4.39 Å². The van der Waals surface area contributed by atoms with Crippen LogP contribution in [0.25, 0.3) is 0 Å². The molecule has 0 fully saturated rings. The van der Waals surface area contributed by atoms with Crippen molar-refractivity contribution in [1.29, 1.82) is 0 Å². The lowest BCUT2D eigenvalue weighted by atomic mass is 9.85. The van der Waals surface area contributed by atoms with E-state index >= 15 is 0 Å². The first-order valence-electron chi connectivity index (χ1n) is 5.08. The van der Waals surface area contributed by atoms with Gasteiger partial charge in [-0.1, -0.05) is 51.0 Å². The molecule has 0 saturated carbocycles. The van der Waals surface area contributed by atoms with E-state index in [1.54, 1.807) is 0 Å². The van der Waals surface area contributed by atoms with Gasteiger partial charge >= 0.3 is 0 Å². The highest BCUT2D eigenvalue weighted by Gasteiger charge is 2.27. The van der Waals surface area contributed by atoms with Gasteiger partial charge in [-0.05, 0) is 12.8 Å². The quantitative estimate of drug-likeness (QED) is 0.604. The van der Waals surface area contributed by atoms with Crippen LogP contribution >= 0.6 is 0 Å². The Bertz CT molecular complexity index is 223. The maximum absolute atomic E-state index is 13.5. The zero-order chi connectivity index (χ0) is 9.90. The molecule has 0 bridgehead atoms. The Morgan fingerprint density at radius 3 is 2.85 bits per heavy atom. The lowest BCUT2D eigenvalue weighted by molar-refractivity contribution is 0.194. The molecule has 0 aromatic heterocycles. The van der Waals surface area contributed by atoms with Crippen LogP contribution < -0.4 is 0 Å². The second-order valence-corrected chi connectivity index (χ2v) is 4.40. The van der Waals surface area contributed by atoms with Crippen LogP contribution in [0.4, 0.5) is 4.39 Å². The Hall–Kier alpha value is -0.590. The maximum Gasteiger partial charge on any atom is 0.112 e. The third kappa shape index (κ3) is 2.68. The van der Waals surface area contributed by atoms with Crippen LogP contribution in [-0.2, 0) is 0 Å². The smallest absolute Gasteiger partial charge is 0.112 e. The van der Waals surface area contributed by atoms with Crippen LogP contribution in [0.15, 0.2) is 23.8 Å². The van der Waals surface area contributed by atoms with Crippen molar-refractivity contribution in [2.24, 2.45) is 5.41 Å². The summed E-state index contributed by atoms with van der Waals surface area (Å²) in [6, 6.07) is 0. The van der Waals surface area contributed by atoms with Crippen molar-refractivity contribution in [1.82, 2.24) is 0 Å². The third-order valence-electron chi connectivity index (χ3n) is 2.58. The molecule has 13 heavy (non-hydrogen) atoms. The number of hydrogen-bond acceptors (Lipinski definition) is 0. The number of halogens is 1. The van der Waals surface area contributed by atoms with Crippen LogP contribution in [0.3, 0.4) is 0 Å². The van der Waals surface area contributed by atoms with Gasteiger partial charge in [-0.3, -0.25) is 0 Å². The number of rotatable bonds is 2. The normalized spacial score (nSPS) is 26.8. The van der Waals surface area contributed by atoms with Crippen molar-refractivity contribution in [3.63, 3.8) is 0 Å². The fourth-order valence-electron chi connectivity index (χ4n) is 1.70. The van der Waals surface area contributed by atoms with Gasteiger partial charge in [0.15, 0.2) is 0 Å². The second-order valence-electron chi connectivity index (χ2n) is 4.40. The molecule has 0 aromatic carbocycles. The molecular formula is C12H19F. The average molecular weight is 182 g/mol. The second kappa shape index (κ2) is 4.08. The van der Waals surface area contributed by atoms with Gasteiger partial charge in [0.25, 0.3) is 0 Å². The first kappa shape index (κ1) is 10.5. The van der Waals surface area contributed by atoms with E-state index < -0.39 is 6.17 Å². The minimum Gasteiger partial charge on any atom is -0.246 e. The third-order valence-corrected chi connectivity index (χ3v) is 2.58. The van der Waals surface area contributed by atoms with Gasteiger partial charge in [-0.15, -0.1) is 0 Å². The van der Waals surface area contributed by atoms with Crippen LogP contribution in [0.1, 0.15) is 40.0 Å². The monoisotopic (exact) mass is 182 g/mol. The maximum atomic E-state index is 13.5. The van der Waals surface area contributed by atoms with Crippen molar-refractivity contribution < 1.29 is 4.39 Å². The largest absolute Gasteiger partial charge is 0.246 e. The first-order valence-corrected chi connectivity index (χ1v) is 5.08. The minimum absolute atomic E-state index is 0.298. The van der Waals surface area contributed by atoms with Crippen LogP contribution in [0.5, 0.6) is 0 Å². The zero-order valence-corrected chi connectivity index (χ0v) is 8.81. The Morgan fingerprint density at radius 1 is 1.54 bits per heavy atom. The fourth-order valence-corrected chi connectivity index (χ4v) is 1.70. The van der Waals surface area contributed by atoms with Gasteiger partial charge in [0.2, 0.25) is 0 Å². The van der Waals surface area contributed by atoms with Crippen LogP contribution in [-0.4, -0.2) is 6.17 Å². The highest BCUT2D eigenvalue weighted by Crippen LogP contribution is 2.32. The van der Waals surface area contributed by atoms with E-state index in [2.05, 4.69) is 19.1 Å². The molecule has 0 saturated heterocycles. The fraction of sp³-hybridized carbons (Fsp3) is 0.667. The molecule has 0 nitrogen and oxygen atoms in total. The molecule has 0 N–H and O–H groups in total. The topological polar surface area (TPSA) is 0 Å². The van der Waals surface area contributed by atoms with E-state index in [-0.39, 0.29) is 5.41 Å². The highest BCUT2D eigenvalue weighted by atomic mass is 19.1. The lowest BCUT2D eigenvalue weighted by Gasteiger charge is -2.23. The van der Waals surface area contributed by atoms with Crippen LogP contribution in [0, 0.1) is 5.41 Å². The summed E-state index contributed by atoms with van der Waals surface area (Å²) in [6.45, 7) is 6.10. The molecule has 0 spiro atoms. The van der Waals surface area contributed by atoms with E-state index in [0.717, 1.165) is 12.8 Å². The van der Waals surface area contributed by atoms with Crippen molar-refractivity contribution in [2.45, 2.75) is 46.2 Å². The summed E-state index contributed by atoms with van der Waals surface area (Å²) in [7, 11) is 0. The number of allylic oxidation sites excluding steroid dienone is 4. The molecule has 74 valence electrons. The molecule has 1 aliphatic rings. The van der Waals surface area contributed by atoms with Gasteiger partial charge in [0, 0.05) is 5.41 Å². The lowest BCUT2D eigenvalue weighted by Crippen LogP contribution is -2.22. The molecule has 1 rings (SSSR count). The van der Waals surface area contributed by atoms with Gasteiger partial charge in [0.05, 0.1) is 0 Å². The predicted molar refractivity (Wildman–Crippen MR) is 55.4 cm³/mol. The van der Waals surface area contributed by atoms with Crippen molar-refractivity contribution in [2.75, 3.05) is 0 Å². The minimum atomic E-state index is -0.738. The standard InChI is InChI=1S/C12H19F/c1-4-6-10-7-5-8-11(13)12(2,3)9-10/h5,7,9,11H,4,6,8H2,1-3H3. The molecule has 0 radical (unpaired) electrons. The zero-order valence-electron chi connectivity index (χ0n) is 8.81. The highest BCUT2D eigenvalue weighted by molar-refractivity contribution is 5.24. The molecule has 1 unspecified atom stereocenters. The van der Waals surface area contributed by atoms with E-state index in [1.807, 2.05) is 19.9 Å². The molecule has 0 aliphatic heterocycles. The van der Waals surface area contributed by atoms with Gasteiger partial charge < -0.3 is 0 Å². The van der Waals surface area contributed by atoms with E-state index in [1.165, 1.54) is 5.57 Å². The van der Waals surface area contributed by atoms with Gasteiger partial charge in [-0.2, -0.15) is 0 Å². The summed E-state index contributed by atoms with van der Waals surface area (Å²) in [6.07, 6.45) is 8.13. The molecule has 1 heteroatoms. The summed E-state index contributed by atoms with van der Waals surface area (Å²) >= 11 is 0. The number of hydrogen-bond donors (Lipinski definition) is 0. The Balaban J connectivity index is 2.82. The summed E-state index contributed by atoms with van der Waals surface area (Å²) < 4.78 is 13.5. The van der Waals surface area contributed by atoms with Crippen molar-refractivity contribution in [3.05, 3.63) is 23.8 Å². The van der Waals surface area contributed by atoms with Crippen molar-refractivity contribution in [3.8, 4) is 0 Å². The SMILES string of the molecule is CCCC1=CC(C)(C)C(F)CC=C1. The van der Waals surface area contributed by atoms with E-state index in [0.29, 0.717) is 6.42 Å². The van der Waals surface area contributed by atoms with Crippen LogP contribution in [0.2, 0.25) is 0 Å². The molecular weight excluding hydrogens is 163 g/mol. The van der Waals surface area contributed by atoms with Gasteiger partial charge in [-0.25, -0.2) is 4.39 Å². The average Bonchev–Trinajstić information content (AvgIpc) is 2.13. The van der Waals surface area contributed by atoms with Gasteiger partial charge in [0.1, 0.15) is 6.17 Å². The van der Waals surface area contributed by atoms with Crippen molar-refractivity contribution >= 4 is 0 Å². The summed E-state index contributed by atoms with van der Waals surface area (Å²) in [5.74, 6) is 0. The number of alkyl halides is 1. The summed E-state index contributed by atoms with van der Waals surface area (Å²) in [5.41, 5.74) is 0.987. The predicted octanol–water partition coefficient (Wildman–Crippen LogP) is 4.04. The molecule has 1 atom stereocenters. The first-order chi connectivity index (χ1) is 6.06. The molecule has 0 heterocycles. The Labute approximate surface area is 80.5 Å².